The van der Waals surface area contributed by atoms with Gasteiger partial charge in [-0.3, -0.25) is 4.79 Å². The summed E-state index contributed by atoms with van der Waals surface area (Å²) in [6.45, 7) is 6.98. The lowest BCUT2D eigenvalue weighted by Gasteiger charge is -2.43. The molecule has 3 fully saturated rings. The number of nitrogens with zero attached hydrogens (tertiary/aromatic N) is 5. The maximum Gasteiger partial charge on any atom is 0.416 e. The van der Waals surface area contributed by atoms with Gasteiger partial charge in [-0.1, -0.05) is 12.1 Å². The van der Waals surface area contributed by atoms with Crippen molar-refractivity contribution in [3.8, 4) is 0 Å². The number of anilines is 1. The molecule has 10 nitrogen and oxygen atoms in total. The lowest BCUT2D eigenvalue weighted by molar-refractivity contribution is -0.137. The summed E-state index contributed by atoms with van der Waals surface area (Å²) in [5.41, 5.74) is 1.09. The number of carbonyl (C=O) groups is 1. The van der Waals surface area contributed by atoms with E-state index in [9.17, 15) is 26.4 Å². The Labute approximate surface area is 263 Å². The Morgan fingerprint density at radius 1 is 1.00 bits per heavy atom. The van der Waals surface area contributed by atoms with Crippen molar-refractivity contribution < 1.29 is 31.1 Å². The molecule has 1 aromatic heterocycles. The molecular formula is C31H43F3N6O4S. The summed E-state index contributed by atoms with van der Waals surface area (Å²) < 4.78 is 70.2. The number of hydrogen-bond donors (Lipinski definition) is 1. The molecule has 0 aliphatic carbocycles. The molecule has 0 spiro atoms. The molecule has 0 saturated carbocycles. The van der Waals surface area contributed by atoms with Crippen molar-refractivity contribution in [1.82, 2.24) is 24.1 Å². The molecule has 3 aliphatic heterocycles. The molecule has 248 valence electrons. The predicted molar refractivity (Wildman–Crippen MR) is 164 cm³/mol. The number of alkyl halides is 3. The first-order valence-corrected chi connectivity index (χ1v) is 17.4. The van der Waals surface area contributed by atoms with Gasteiger partial charge >= 0.3 is 6.18 Å². The highest BCUT2D eigenvalue weighted by Gasteiger charge is 2.34. The van der Waals surface area contributed by atoms with Crippen LogP contribution in [0.3, 0.4) is 0 Å². The van der Waals surface area contributed by atoms with Crippen molar-refractivity contribution in [2.45, 2.75) is 82.8 Å². The van der Waals surface area contributed by atoms with Crippen molar-refractivity contribution in [3.63, 3.8) is 0 Å². The van der Waals surface area contributed by atoms with Crippen LogP contribution < -0.4 is 5.32 Å². The average molecular weight is 653 g/mol. The van der Waals surface area contributed by atoms with Gasteiger partial charge in [0.15, 0.2) is 0 Å². The van der Waals surface area contributed by atoms with E-state index in [4.69, 9.17) is 4.74 Å². The minimum atomic E-state index is -4.37. The minimum Gasteiger partial charge on any atom is -0.368 e. The lowest BCUT2D eigenvalue weighted by atomic mass is 9.97. The van der Waals surface area contributed by atoms with Crippen LogP contribution in [0.25, 0.3) is 0 Å². The highest BCUT2D eigenvalue weighted by Crippen LogP contribution is 2.35. The molecule has 1 aromatic carbocycles. The van der Waals surface area contributed by atoms with Crippen LogP contribution in [0.2, 0.25) is 0 Å². The number of aryl methyl sites for hydroxylation is 1. The molecular weight excluding hydrogens is 609 g/mol. The number of rotatable bonds is 8. The summed E-state index contributed by atoms with van der Waals surface area (Å²) in [7, 11) is -1.55. The number of aromatic nitrogens is 2. The Morgan fingerprint density at radius 3 is 2.24 bits per heavy atom. The van der Waals surface area contributed by atoms with Crippen LogP contribution >= 0.6 is 0 Å². The number of piperidine rings is 2. The number of likely N-dealkylation sites (tertiary alicyclic amines) is 2. The summed E-state index contributed by atoms with van der Waals surface area (Å²) in [5.74, 6) is 0.940. The second-order valence-corrected chi connectivity index (χ2v) is 14.5. The maximum absolute atomic E-state index is 13.6. The molecule has 3 aliphatic rings. The zero-order chi connectivity index (χ0) is 32.5. The van der Waals surface area contributed by atoms with Gasteiger partial charge in [-0.2, -0.15) is 13.2 Å². The third-order valence-corrected chi connectivity index (χ3v) is 10.8. The zero-order valence-corrected chi connectivity index (χ0v) is 27.1. The Hall–Kier alpha value is -2.81. The van der Waals surface area contributed by atoms with Gasteiger partial charge in [-0.15, -0.1) is 0 Å². The molecule has 1 amide bonds. The summed E-state index contributed by atoms with van der Waals surface area (Å²) in [6, 6.07) is 5.52. The van der Waals surface area contributed by atoms with Crippen LogP contribution in [-0.4, -0.2) is 103 Å². The molecule has 0 bridgehead atoms. The molecule has 4 heterocycles. The molecule has 2 aromatic rings. The molecule has 45 heavy (non-hydrogen) atoms. The Bertz CT molecular complexity index is 1460. The van der Waals surface area contributed by atoms with Gasteiger partial charge in [0.05, 0.1) is 24.0 Å². The molecule has 5 rings (SSSR count). The third kappa shape index (κ3) is 7.95. The van der Waals surface area contributed by atoms with E-state index in [1.54, 1.807) is 14.0 Å². The molecule has 14 heteroatoms. The first-order valence-electron chi connectivity index (χ1n) is 15.6. The fraction of sp³-hybridized carbons (Fsp3) is 0.645. The van der Waals surface area contributed by atoms with E-state index in [1.807, 2.05) is 11.8 Å². The molecule has 0 radical (unpaired) electrons. The molecule has 1 N–H and O–H groups in total. The third-order valence-electron chi connectivity index (χ3n) is 9.48. The van der Waals surface area contributed by atoms with E-state index in [2.05, 4.69) is 20.2 Å². The summed E-state index contributed by atoms with van der Waals surface area (Å²) in [6.07, 6.45) is 1.22. The van der Waals surface area contributed by atoms with Crippen molar-refractivity contribution in [2.75, 3.05) is 51.3 Å². The maximum atomic E-state index is 13.6. The monoisotopic (exact) mass is 652 g/mol. The first-order chi connectivity index (χ1) is 21.2. The summed E-state index contributed by atoms with van der Waals surface area (Å²) in [5, 5.41) is 3.32. The molecule has 3 saturated heterocycles. The molecule has 2 atom stereocenters. The topological polar surface area (TPSA) is 108 Å². The van der Waals surface area contributed by atoms with Crippen LogP contribution in [0.5, 0.6) is 0 Å². The second-order valence-electron chi connectivity index (χ2n) is 12.5. The van der Waals surface area contributed by atoms with E-state index < -0.39 is 21.8 Å². The second kappa shape index (κ2) is 13.5. The lowest BCUT2D eigenvalue weighted by Crippen LogP contribution is -2.52. The Balaban J connectivity index is 1.13. The van der Waals surface area contributed by atoms with Gasteiger partial charge in [0, 0.05) is 44.3 Å². The van der Waals surface area contributed by atoms with Gasteiger partial charge in [0.25, 0.3) is 5.91 Å². The SMILES string of the molecule is Cc1nc(NCC2CC[C@H](c3ccc(C(F)(F)F)cc3)O2)c(C)c(C(=O)N2CCC(N3CCC(N(C)S(C)(=O)=O)CC3)CC2)n1. The van der Waals surface area contributed by atoms with Crippen molar-refractivity contribution in [3.05, 3.63) is 52.5 Å². The largest absolute Gasteiger partial charge is 0.416 e. The number of benzene rings is 1. The van der Waals surface area contributed by atoms with Crippen LogP contribution in [0.4, 0.5) is 19.0 Å². The quantitative estimate of drug-likeness (QED) is 0.447. The van der Waals surface area contributed by atoms with Gasteiger partial charge < -0.3 is 19.9 Å². The number of hydrogen-bond acceptors (Lipinski definition) is 8. The number of nitrogens with one attached hydrogen (secondary N) is 1. The van der Waals surface area contributed by atoms with Crippen LogP contribution in [0.1, 0.15) is 77.6 Å². The van der Waals surface area contributed by atoms with E-state index in [-0.39, 0.29) is 24.2 Å². The Morgan fingerprint density at radius 2 is 1.64 bits per heavy atom. The fourth-order valence-corrected chi connectivity index (χ4v) is 7.43. The number of sulfonamides is 1. The minimum absolute atomic E-state index is 0.0328. The smallest absolute Gasteiger partial charge is 0.368 e. The standard InChI is InChI=1S/C31H43F3N6O4S/c1-20-28(30(41)40-17-13-25(14-18-40)39-15-11-24(12-16-39)38(3)45(4,42)43)36-21(2)37-29(20)35-19-26-9-10-27(44-26)22-5-7-23(8-6-22)31(32,33)34/h5-8,24-27H,9-19H2,1-4H3,(H,35,36,37)/t26?,27-/m1/s1. The predicted octanol–water partition coefficient (Wildman–Crippen LogP) is 4.40. The van der Waals surface area contributed by atoms with Crippen molar-refractivity contribution >= 4 is 21.7 Å². The van der Waals surface area contributed by atoms with Crippen LogP contribution in [0.15, 0.2) is 24.3 Å². The average Bonchev–Trinajstić information content (AvgIpc) is 3.49. The highest BCUT2D eigenvalue weighted by molar-refractivity contribution is 7.88. The van der Waals surface area contributed by atoms with Crippen LogP contribution in [0, 0.1) is 13.8 Å². The van der Waals surface area contributed by atoms with Crippen molar-refractivity contribution in [1.29, 1.82) is 0 Å². The summed E-state index contributed by atoms with van der Waals surface area (Å²) in [4.78, 5) is 26.9. The van der Waals surface area contributed by atoms with Crippen molar-refractivity contribution in [2.24, 2.45) is 0 Å². The highest BCUT2D eigenvalue weighted by atomic mass is 32.2. The van der Waals surface area contributed by atoms with Gasteiger partial charge in [0.1, 0.15) is 17.3 Å². The van der Waals surface area contributed by atoms with E-state index in [1.165, 1.54) is 22.7 Å². The number of ether oxygens (including phenoxy) is 1. The van der Waals surface area contributed by atoms with Gasteiger partial charge in [-0.05, 0) is 83.2 Å². The van der Waals surface area contributed by atoms with Crippen LogP contribution in [-0.2, 0) is 20.9 Å². The van der Waals surface area contributed by atoms with E-state index in [0.717, 1.165) is 62.9 Å². The normalized spacial score (nSPS) is 22.7. The van der Waals surface area contributed by atoms with Gasteiger partial charge in [0.2, 0.25) is 10.0 Å². The Kier molecular flexibility index (Phi) is 10.1. The number of halogens is 3. The van der Waals surface area contributed by atoms with E-state index in [0.29, 0.717) is 55.0 Å². The fourth-order valence-electron chi connectivity index (χ4n) is 6.68. The molecule has 1 unspecified atom stereocenters. The number of carbonyl (C=O) groups excluding carboxylic acids is 1. The zero-order valence-electron chi connectivity index (χ0n) is 26.3. The van der Waals surface area contributed by atoms with Gasteiger partial charge in [-0.25, -0.2) is 22.7 Å². The number of amides is 1. The first kappa shape index (κ1) is 33.6. The summed E-state index contributed by atoms with van der Waals surface area (Å²) >= 11 is 0. The van der Waals surface area contributed by atoms with E-state index >= 15 is 0 Å².